The lowest BCUT2D eigenvalue weighted by Crippen LogP contribution is -2.29. The number of rotatable bonds is 3. The van der Waals surface area contributed by atoms with Crippen LogP contribution in [0.1, 0.15) is 23.1 Å². The van der Waals surface area contributed by atoms with Crippen LogP contribution in [0.5, 0.6) is 5.06 Å². The monoisotopic (exact) mass is 288 g/mol. The van der Waals surface area contributed by atoms with Crippen molar-refractivity contribution in [2.75, 3.05) is 6.54 Å². The Bertz CT molecular complexity index is 610. The van der Waals surface area contributed by atoms with Gasteiger partial charge in [-0.25, -0.2) is 0 Å². The van der Waals surface area contributed by atoms with E-state index in [-0.39, 0.29) is 5.97 Å². The molecule has 3 heterocycles. The van der Waals surface area contributed by atoms with Crippen molar-refractivity contribution < 1.29 is 9.53 Å². The van der Waals surface area contributed by atoms with Crippen molar-refractivity contribution in [3.05, 3.63) is 46.6 Å². The van der Waals surface area contributed by atoms with Gasteiger partial charge in [-0.2, -0.15) is 0 Å². The van der Waals surface area contributed by atoms with Crippen molar-refractivity contribution in [2.45, 2.75) is 26.4 Å². The van der Waals surface area contributed by atoms with E-state index >= 15 is 0 Å². The third-order valence-corrected chi connectivity index (χ3v) is 4.39. The molecule has 0 saturated heterocycles. The van der Waals surface area contributed by atoms with Crippen LogP contribution in [0.2, 0.25) is 0 Å². The van der Waals surface area contributed by atoms with E-state index in [2.05, 4.69) is 9.88 Å². The standard InChI is InChI=1S/C15H16N2O2S/c1-11(18)19-15-8-12-9-17(7-5-14(12)20-15)10-13-4-2-3-6-16-13/h2-4,6,8H,5,7,9-10H2,1H3. The molecule has 0 bridgehead atoms. The molecule has 2 aromatic heterocycles. The molecule has 0 unspecified atom stereocenters. The number of esters is 1. The predicted octanol–water partition coefficient (Wildman–Crippen LogP) is 2.63. The Morgan fingerprint density at radius 3 is 3.15 bits per heavy atom. The minimum absolute atomic E-state index is 0.256. The van der Waals surface area contributed by atoms with Gasteiger partial charge in [0.25, 0.3) is 0 Å². The molecule has 3 rings (SSSR count). The Labute approximate surface area is 122 Å². The molecule has 1 aliphatic heterocycles. The highest BCUT2D eigenvalue weighted by Gasteiger charge is 2.20. The van der Waals surface area contributed by atoms with E-state index in [9.17, 15) is 4.79 Å². The first kappa shape index (κ1) is 13.3. The lowest BCUT2D eigenvalue weighted by molar-refractivity contribution is -0.131. The maximum atomic E-state index is 11.0. The number of carbonyl (C=O) groups excluding carboxylic acids is 1. The van der Waals surface area contributed by atoms with E-state index in [0.717, 1.165) is 31.7 Å². The van der Waals surface area contributed by atoms with E-state index in [0.29, 0.717) is 5.06 Å². The number of hydrogen-bond acceptors (Lipinski definition) is 5. The highest BCUT2D eigenvalue weighted by Crippen LogP contribution is 2.33. The summed E-state index contributed by atoms with van der Waals surface area (Å²) in [5, 5.41) is 0.710. The lowest BCUT2D eigenvalue weighted by Gasteiger charge is -2.26. The topological polar surface area (TPSA) is 42.4 Å². The summed E-state index contributed by atoms with van der Waals surface area (Å²) >= 11 is 1.59. The summed E-state index contributed by atoms with van der Waals surface area (Å²) in [6.07, 6.45) is 2.84. The fraction of sp³-hybridized carbons (Fsp3) is 0.333. The first-order valence-corrected chi connectivity index (χ1v) is 7.44. The predicted molar refractivity (Wildman–Crippen MR) is 77.7 cm³/mol. The molecule has 0 amide bonds. The van der Waals surface area contributed by atoms with Crippen LogP contribution in [0.25, 0.3) is 0 Å². The molecule has 0 radical (unpaired) electrons. The van der Waals surface area contributed by atoms with Crippen LogP contribution in [0.4, 0.5) is 0 Å². The van der Waals surface area contributed by atoms with E-state index in [1.54, 1.807) is 11.3 Å². The Balaban J connectivity index is 1.69. The average Bonchev–Trinajstić information content (AvgIpc) is 2.80. The smallest absolute Gasteiger partial charge is 0.308 e. The number of pyridine rings is 1. The Hall–Kier alpha value is -1.72. The molecule has 0 spiro atoms. The second kappa shape index (κ2) is 5.73. The van der Waals surface area contributed by atoms with E-state index < -0.39 is 0 Å². The highest BCUT2D eigenvalue weighted by molar-refractivity contribution is 7.14. The fourth-order valence-electron chi connectivity index (χ4n) is 2.41. The largest absolute Gasteiger partial charge is 0.416 e. The molecule has 0 aliphatic carbocycles. The van der Waals surface area contributed by atoms with Gasteiger partial charge in [-0.15, -0.1) is 11.3 Å². The zero-order valence-corrected chi connectivity index (χ0v) is 12.2. The molecule has 20 heavy (non-hydrogen) atoms. The Kier molecular flexibility index (Phi) is 3.80. The molecule has 2 aromatic rings. The van der Waals surface area contributed by atoms with Crippen molar-refractivity contribution in [3.8, 4) is 5.06 Å². The molecular weight excluding hydrogens is 272 g/mol. The van der Waals surface area contributed by atoms with E-state index in [4.69, 9.17) is 4.74 Å². The van der Waals surface area contributed by atoms with Gasteiger partial charge in [-0.05, 0) is 30.2 Å². The summed E-state index contributed by atoms with van der Waals surface area (Å²) < 4.78 is 5.17. The normalized spacial score (nSPS) is 14.8. The van der Waals surface area contributed by atoms with Gasteiger partial charge in [-0.3, -0.25) is 14.7 Å². The molecule has 0 aromatic carbocycles. The maximum Gasteiger partial charge on any atom is 0.308 e. The van der Waals surface area contributed by atoms with Crippen molar-refractivity contribution in [2.24, 2.45) is 0 Å². The summed E-state index contributed by atoms with van der Waals surface area (Å²) in [6.45, 7) is 4.21. The molecule has 4 nitrogen and oxygen atoms in total. The van der Waals surface area contributed by atoms with Crippen LogP contribution in [0.15, 0.2) is 30.5 Å². The van der Waals surface area contributed by atoms with E-state index in [1.807, 2.05) is 30.5 Å². The van der Waals surface area contributed by atoms with Crippen LogP contribution in [0, 0.1) is 0 Å². The van der Waals surface area contributed by atoms with Gasteiger partial charge in [0.15, 0.2) is 5.06 Å². The van der Waals surface area contributed by atoms with Gasteiger partial charge < -0.3 is 4.74 Å². The summed E-state index contributed by atoms with van der Waals surface area (Å²) in [4.78, 5) is 19.1. The third-order valence-electron chi connectivity index (χ3n) is 3.28. The van der Waals surface area contributed by atoms with Gasteiger partial charge >= 0.3 is 5.97 Å². The minimum Gasteiger partial charge on any atom is -0.416 e. The van der Waals surface area contributed by atoms with Crippen LogP contribution < -0.4 is 4.74 Å². The van der Waals surface area contributed by atoms with Crippen molar-refractivity contribution in [3.63, 3.8) is 0 Å². The SMILES string of the molecule is CC(=O)Oc1cc2c(s1)CCN(Cc1ccccn1)C2. The summed E-state index contributed by atoms with van der Waals surface area (Å²) in [6, 6.07) is 7.99. The Morgan fingerprint density at radius 2 is 2.40 bits per heavy atom. The number of ether oxygens (including phenoxy) is 1. The number of aromatic nitrogens is 1. The number of hydrogen-bond donors (Lipinski definition) is 0. The van der Waals surface area contributed by atoms with Gasteiger partial charge in [0.2, 0.25) is 0 Å². The zero-order valence-electron chi connectivity index (χ0n) is 11.3. The van der Waals surface area contributed by atoms with Gasteiger partial charge in [-0.1, -0.05) is 6.07 Å². The molecule has 5 heteroatoms. The molecule has 0 atom stereocenters. The van der Waals surface area contributed by atoms with E-state index in [1.165, 1.54) is 17.4 Å². The second-order valence-electron chi connectivity index (χ2n) is 4.89. The molecule has 0 saturated carbocycles. The highest BCUT2D eigenvalue weighted by atomic mass is 32.1. The molecule has 0 fully saturated rings. The lowest BCUT2D eigenvalue weighted by atomic mass is 10.1. The van der Waals surface area contributed by atoms with Crippen LogP contribution in [-0.2, 0) is 24.3 Å². The minimum atomic E-state index is -0.256. The van der Waals surface area contributed by atoms with Crippen LogP contribution >= 0.6 is 11.3 Å². The molecule has 104 valence electrons. The summed E-state index contributed by atoms with van der Waals surface area (Å²) in [5.41, 5.74) is 2.36. The molecule has 0 N–H and O–H groups in total. The van der Waals surface area contributed by atoms with Crippen molar-refractivity contribution >= 4 is 17.3 Å². The Morgan fingerprint density at radius 1 is 1.50 bits per heavy atom. The molecular formula is C15H16N2O2S. The fourth-order valence-corrected chi connectivity index (χ4v) is 3.46. The van der Waals surface area contributed by atoms with Gasteiger partial charge in [0.1, 0.15) is 0 Å². The molecule has 1 aliphatic rings. The number of carbonyl (C=O) groups is 1. The van der Waals surface area contributed by atoms with Crippen molar-refractivity contribution in [1.82, 2.24) is 9.88 Å². The first-order chi connectivity index (χ1) is 9.70. The maximum absolute atomic E-state index is 11.0. The van der Waals surface area contributed by atoms with Gasteiger partial charge in [0, 0.05) is 37.6 Å². The first-order valence-electron chi connectivity index (χ1n) is 6.63. The number of fused-ring (bicyclic) bond motifs is 1. The summed E-state index contributed by atoms with van der Waals surface area (Å²) in [5.74, 6) is -0.256. The number of nitrogens with zero attached hydrogens (tertiary/aromatic N) is 2. The van der Waals surface area contributed by atoms with Gasteiger partial charge in [0.05, 0.1) is 5.69 Å². The van der Waals surface area contributed by atoms with Crippen LogP contribution in [-0.4, -0.2) is 22.4 Å². The number of thiophene rings is 1. The summed E-state index contributed by atoms with van der Waals surface area (Å²) in [7, 11) is 0. The van der Waals surface area contributed by atoms with Crippen LogP contribution in [0.3, 0.4) is 0 Å². The third kappa shape index (κ3) is 3.05. The second-order valence-corrected chi connectivity index (χ2v) is 5.99. The van der Waals surface area contributed by atoms with Crippen molar-refractivity contribution in [1.29, 1.82) is 0 Å². The average molecular weight is 288 g/mol. The quantitative estimate of drug-likeness (QED) is 0.814. The zero-order chi connectivity index (χ0) is 13.9.